The lowest BCUT2D eigenvalue weighted by Crippen LogP contribution is -2.51. The van der Waals surface area contributed by atoms with E-state index in [-0.39, 0.29) is 5.75 Å². The summed E-state index contributed by atoms with van der Waals surface area (Å²) >= 11 is 0. The van der Waals surface area contributed by atoms with E-state index in [0.717, 1.165) is 51.8 Å². The lowest BCUT2D eigenvalue weighted by atomic mass is 10.0. The van der Waals surface area contributed by atoms with Crippen LogP contribution in [0.3, 0.4) is 0 Å². The zero-order chi connectivity index (χ0) is 25.4. The molecule has 5 heterocycles. The summed E-state index contributed by atoms with van der Waals surface area (Å²) in [6.45, 7) is 4.48. The molecule has 3 aliphatic rings. The molecule has 3 fully saturated rings. The first-order valence-corrected chi connectivity index (χ1v) is 13.2. The molecule has 2 aromatic heterocycles. The summed E-state index contributed by atoms with van der Waals surface area (Å²) in [5.41, 5.74) is 2.41. The number of nitrogens with one attached hydrogen (secondary N) is 1. The van der Waals surface area contributed by atoms with Crippen molar-refractivity contribution in [1.82, 2.24) is 25.2 Å². The maximum Gasteiger partial charge on any atom is 0.318 e. The number of pyridine rings is 1. The summed E-state index contributed by atoms with van der Waals surface area (Å²) in [7, 11) is 3.77. The lowest BCUT2D eigenvalue weighted by Gasteiger charge is -2.34. The summed E-state index contributed by atoms with van der Waals surface area (Å²) in [6.07, 6.45) is 7.08. The highest BCUT2D eigenvalue weighted by Gasteiger charge is 2.33. The average molecular weight is 499 g/mol. The van der Waals surface area contributed by atoms with Crippen LogP contribution in [-0.2, 0) is 0 Å². The second kappa shape index (κ2) is 10.1. The fourth-order valence-corrected chi connectivity index (χ4v) is 5.82. The summed E-state index contributed by atoms with van der Waals surface area (Å²) in [5.74, 6) is 1.09. The molecule has 2 aromatic carbocycles. The Morgan fingerprint density at radius 1 is 0.973 bits per heavy atom. The highest BCUT2D eigenvalue weighted by Crippen LogP contribution is 2.35. The fraction of sp³-hybridized carbons (Fsp3) is 0.414. The quantitative estimate of drug-likeness (QED) is 0.434. The molecule has 0 saturated carbocycles. The second-order valence-electron chi connectivity index (χ2n) is 10.4. The summed E-state index contributed by atoms with van der Waals surface area (Å²) in [6, 6.07) is 14.8. The van der Waals surface area contributed by atoms with Crippen LogP contribution in [0.15, 0.2) is 48.7 Å². The highest BCUT2D eigenvalue weighted by molar-refractivity contribution is 5.99. The van der Waals surface area contributed by atoms with E-state index in [9.17, 15) is 5.11 Å². The zero-order valence-electron chi connectivity index (χ0n) is 21.5. The molecule has 192 valence electrons. The third-order valence-corrected chi connectivity index (χ3v) is 7.69. The van der Waals surface area contributed by atoms with Crippen LogP contribution < -0.4 is 15.0 Å². The van der Waals surface area contributed by atoms with Crippen molar-refractivity contribution in [2.45, 2.75) is 37.8 Å². The Kier molecular flexibility index (Phi) is 6.52. The predicted octanol–water partition coefficient (Wildman–Crippen LogP) is 4.21. The third kappa shape index (κ3) is 4.91. The van der Waals surface area contributed by atoms with Crippen molar-refractivity contribution in [2.75, 3.05) is 45.2 Å². The van der Waals surface area contributed by atoms with Gasteiger partial charge in [-0.25, -0.2) is 0 Å². The molecule has 2 unspecified atom stereocenters. The summed E-state index contributed by atoms with van der Waals surface area (Å²) in [5, 5.41) is 16.8. The molecule has 7 rings (SSSR count). The number of ether oxygens (including phenoxy) is 1. The number of hydrogen-bond acceptors (Lipinski definition) is 8. The van der Waals surface area contributed by atoms with Gasteiger partial charge in [0, 0.05) is 36.9 Å². The van der Waals surface area contributed by atoms with Crippen LogP contribution in [0, 0.1) is 0 Å². The number of fused-ring (bicyclic) bond motifs is 4. The minimum absolute atomic E-state index is 0.216. The summed E-state index contributed by atoms with van der Waals surface area (Å²) in [4.78, 5) is 18.8. The number of hydrogen-bond donors (Lipinski definition) is 2. The molecule has 4 aromatic rings. The van der Waals surface area contributed by atoms with Crippen molar-refractivity contribution >= 4 is 27.5 Å². The van der Waals surface area contributed by atoms with Gasteiger partial charge in [0.25, 0.3) is 0 Å². The van der Waals surface area contributed by atoms with Gasteiger partial charge in [0.15, 0.2) is 0 Å². The molecular formula is C29H34N6O2. The number of rotatable bonds is 3. The standard InChI is InChI=1S/C24H23N5O2.C5H11N/c1-31-24-27-22-10-21(19-9-17(30)8-14-4-2-3-5-18(14)19)25-11-20(22)23(28-24)29-12-15-6-7-16(13-29)26-15;1-6-4-2-3-5-6/h2-5,8-11,15-16,26,30H,6-7,12-13H2,1H3;2-5H2,1H3. The lowest BCUT2D eigenvalue weighted by molar-refractivity contribution is 0.380. The maximum atomic E-state index is 10.3. The van der Waals surface area contributed by atoms with Gasteiger partial charge in [-0.2, -0.15) is 9.97 Å². The van der Waals surface area contributed by atoms with Gasteiger partial charge in [-0.05, 0) is 74.8 Å². The van der Waals surface area contributed by atoms with Crippen LogP contribution in [0.5, 0.6) is 11.8 Å². The molecule has 8 nitrogen and oxygen atoms in total. The molecule has 3 aliphatic heterocycles. The molecule has 37 heavy (non-hydrogen) atoms. The first-order chi connectivity index (χ1) is 18.1. The van der Waals surface area contributed by atoms with Gasteiger partial charge in [-0.15, -0.1) is 0 Å². The van der Waals surface area contributed by atoms with Gasteiger partial charge < -0.3 is 25.0 Å². The second-order valence-corrected chi connectivity index (χ2v) is 10.4. The number of nitrogens with zero attached hydrogens (tertiary/aromatic N) is 5. The van der Waals surface area contributed by atoms with Crippen molar-refractivity contribution in [2.24, 2.45) is 0 Å². The number of methoxy groups -OCH3 is 1. The number of anilines is 1. The molecular weight excluding hydrogens is 464 g/mol. The van der Waals surface area contributed by atoms with Gasteiger partial charge in [0.1, 0.15) is 11.6 Å². The van der Waals surface area contributed by atoms with Crippen LogP contribution in [0.1, 0.15) is 25.7 Å². The van der Waals surface area contributed by atoms with E-state index in [0.29, 0.717) is 18.1 Å². The van der Waals surface area contributed by atoms with Crippen molar-refractivity contribution in [1.29, 1.82) is 0 Å². The zero-order valence-corrected chi connectivity index (χ0v) is 21.5. The van der Waals surface area contributed by atoms with Gasteiger partial charge in [0.05, 0.1) is 23.7 Å². The highest BCUT2D eigenvalue weighted by atomic mass is 16.5. The van der Waals surface area contributed by atoms with Crippen molar-refractivity contribution in [3.05, 3.63) is 48.7 Å². The Morgan fingerprint density at radius 2 is 1.73 bits per heavy atom. The van der Waals surface area contributed by atoms with Crippen LogP contribution in [0.25, 0.3) is 32.9 Å². The van der Waals surface area contributed by atoms with Gasteiger partial charge in [-0.1, -0.05) is 24.3 Å². The Hall–Kier alpha value is -3.49. The van der Waals surface area contributed by atoms with E-state index in [1.165, 1.54) is 38.8 Å². The minimum Gasteiger partial charge on any atom is -0.508 e. The largest absolute Gasteiger partial charge is 0.508 e. The Labute approximate surface area is 217 Å². The number of aromatic nitrogens is 3. The third-order valence-electron chi connectivity index (χ3n) is 7.69. The van der Waals surface area contributed by atoms with E-state index >= 15 is 0 Å². The number of likely N-dealkylation sites (tertiary alicyclic amines) is 1. The molecule has 0 radical (unpaired) electrons. The molecule has 2 atom stereocenters. The van der Waals surface area contributed by atoms with Crippen molar-refractivity contribution < 1.29 is 9.84 Å². The summed E-state index contributed by atoms with van der Waals surface area (Å²) < 4.78 is 5.43. The molecule has 0 aliphatic carbocycles. The van der Waals surface area contributed by atoms with Gasteiger partial charge in [-0.3, -0.25) is 4.98 Å². The SMILES string of the molecule is CN1CCCC1.COc1nc(N2CC3CCC(C2)N3)c2cnc(-c3cc(O)cc4ccccc34)cc2n1. The normalized spacial score (nSPS) is 21.3. The fourth-order valence-electron chi connectivity index (χ4n) is 5.82. The van der Waals surface area contributed by atoms with Crippen LogP contribution >= 0.6 is 0 Å². The number of piperazine rings is 1. The average Bonchev–Trinajstić information content (AvgIpc) is 3.54. The van der Waals surface area contributed by atoms with Gasteiger partial charge in [0.2, 0.25) is 0 Å². The number of aromatic hydroxyl groups is 1. The maximum absolute atomic E-state index is 10.3. The molecule has 0 spiro atoms. The molecule has 0 amide bonds. The van der Waals surface area contributed by atoms with E-state index in [1.54, 1.807) is 19.2 Å². The molecule has 2 bridgehead atoms. The predicted molar refractivity (Wildman–Crippen MR) is 147 cm³/mol. The van der Waals surface area contributed by atoms with E-state index < -0.39 is 0 Å². The molecule has 3 saturated heterocycles. The van der Waals surface area contributed by atoms with E-state index in [1.807, 2.05) is 36.5 Å². The first kappa shape index (κ1) is 23.9. The minimum atomic E-state index is 0.216. The Bertz CT molecular complexity index is 1410. The van der Waals surface area contributed by atoms with E-state index in [4.69, 9.17) is 14.7 Å². The van der Waals surface area contributed by atoms with Crippen LogP contribution in [0.4, 0.5) is 5.82 Å². The number of phenolic OH excluding ortho intramolecular Hbond substituents is 1. The molecule has 2 N–H and O–H groups in total. The Morgan fingerprint density at radius 3 is 2.43 bits per heavy atom. The number of phenols is 1. The Balaban J connectivity index is 0.000000372. The topological polar surface area (TPSA) is 86.6 Å². The smallest absolute Gasteiger partial charge is 0.318 e. The van der Waals surface area contributed by atoms with Crippen molar-refractivity contribution in [3.8, 4) is 23.0 Å². The van der Waals surface area contributed by atoms with Gasteiger partial charge >= 0.3 is 6.01 Å². The first-order valence-electron chi connectivity index (χ1n) is 13.2. The number of benzene rings is 2. The molecule has 8 heteroatoms. The monoisotopic (exact) mass is 498 g/mol. The van der Waals surface area contributed by atoms with E-state index in [2.05, 4.69) is 27.1 Å². The van der Waals surface area contributed by atoms with Crippen molar-refractivity contribution in [3.63, 3.8) is 0 Å². The van der Waals surface area contributed by atoms with Crippen LogP contribution in [-0.4, -0.2) is 77.4 Å². The van der Waals surface area contributed by atoms with Crippen LogP contribution in [0.2, 0.25) is 0 Å².